The first-order chi connectivity index (χ1) is 4.84. The minimum absolute atomic E-state index is 0. The predicted octanol–water partition coefficient (Wildman–Crippen LogP) is 0.588. The Kier molecular flexibility index (Phi) is 4.21. The van der Waals surface area contributed by atoms with E-state index in [2.05, 4.69) is 15.2 Å². The number of H-pyrrole nitrogens is 1. The zero-order valence-corrected chi connectivity index (χ0v) is 6.81. The Morgan fingerprint density at radius 1 is 1.82 bits per heavy atom. The van der Waals surface area contributed by atoms with E-state index in [9.17, 15) is 0 Å². The van der Waals surface area contributed by atoms with Crippen LogP contribution in [0.5, 0.6) is 0 Å². The maximum atomic E-state index is 7.19. The van der Waals surface area contributed by atoms with Gasteiger partial charge in [-0.25, -0.2) is 4.98 Å². The lowest BCUT2D eigenvalue weighted by Gasteiger charge is -1.98. The Bertz CT molecular complexity index is 210. The van der Waals surface area contributed by atoms with Gasteiger partial charge in [-0.15, -0.1) is 12.4 Å². The van der Waals surface area contributed by atoms with Gasteiger partial charge in [-0.05, 0) is 6.92 Å². The van der Waals surface area contributed by atoms with Crippen LogP contribution in [0.3, 0.4) is 0 Å². The third-order valence-corrected chi connectivity index (χ3v) is 0.919. The SMILES string of the molecule is CCOC(=N)c1ncn[nH]1.Cl. The van der Waals surface area contributed by atoms with Gasteiger partial charge < -0.3 is 4.74 Å². The molecule has 0 saturated heterocycles. The van der Waals surface area contributed by atoms with Crippen molar-refractivity contribution >= 4 is 18.3 Å². The Labute approximate surface area is 70.1 Å². The van der Waals surface area contributed by atoms with Gasteiger partial charge in [-0.1, -0.05) is 0 Å². The van der Waals surface area contributed by atoms with Gasteiger partial charge in [0.1, 0.15) is 6.33 Å². The Morgan fingerprint density at radius 3 is 3.00 bits per heavy atom. The standard InChI is InChI=1S/C5H8N4O.ClH/c1-2-10-4(6)5-7-3-8-9-5;/h3,6H,2H2,1H3,(H,7,8,9);1H. The molecule has 1 aromatic rings. The number of aromatic nitrogens is 3. The van der Waals surface area contributed by atoms with Gasteiger partial charge in [-0.3, -0.25) is 10.5 Å². The van der Waals surface area contributed by atoms with Crippen molar-refractivity contribution in [1.29, 1.82) is 5.41 Å². The number of nitrogens with one attached hydrogen (secondary N) is 2. The summed E-state index contributed by atoms with van der Waals surface area (Å²) in [7, 11) is 0. The van der Waals surface area contributed by atoms with Crippen LogP contribution in [0.2, 0.25) is 0 Å². The van der Waals surface area contributed by atoms with Gasteiger partial charge >= 0.3 is 0 Å². The summed E-state index contributed by atoms with van der Waals surface area (Å²) in [5.74, 6) is 0.391. The molecule has 0 unspecified atom stereocenters. The van der Waals surface area contributed by atoms with Crippen LogP contribution in [0, 0.1) is 5.41 Å². The molecule has 62 valence electrons. The Morgan fingerprint density at radius 2 is 2.55 bits per heavy atom. The number of nitrogens with zero attached hydrogens (tertiary/aromatic N) is 2. The second-order valence-electron chi connectivity index (χ2n) is 1.60. The van der Waals surface area contributed by atoms with Crippen LogP contribution in [0.25, 0.3) is 0 Å². The maximum Gasteiger partial charge on any atom is 0.251 e. The number of ether oxygens (including phenoxy) is 1. The second kappa shape index (κ2) is 4.68. The molecule has 1 aromatic heterocycles. The lowest BCUT2D eigenvalue weighted by Crippen LogP contribution is -2.06. The molecule has 0 radical (unpaired) electrons. The number of hydrogen-bond donors (Lipinski definition) is 2. The zero-order chi connectivity index (χ0) is 7.40. The van der Waals surface area contributed by atoms with Gasteiger partial charge in [0.25, 0.3) is 5.90 Å². The lowest BCUT2D eigenvalue weighted by atomic mass is 10.6. The van der Waals surface area contributed by atoms with Crippen LogP contribution in [0.4, 0.5) is 0 Å². The van der Waals surface area contributed by atoms with Crippen molar-refractivity contribution in [3.63, 3.8) is 0 Å². The van der Waals surface area contributed by atoms with Crippen LogP contribution < -0.4 is 0 Å². The maximum absolute atomic E-state index is 7.19. The van der Waals surface area contributed by atoms with Crippen LogP contribution in [-0.4, -0.2) is 27.7 Å². The molecular formula is C5H9ClN4O. The van der Waals surface area contributed by atoms with Crippen LogP contribution in [0.15, 0.2) is 6.33 Å². The summed E-state index contributed by atoms with van der Waals surface area (Å²) in [5.41, 5.74) is 0. The predicted molar refractivity (Wildman–Crippen MR) is 42.1 cm³/mol. The highest BCUT2D eigenvalue weighted by Gasteiger charge is 2.02. The highest BCUT2D eigenvalue weighted by Crippen LogP contribution is 1.88. The van der Waals surface area contributed by atoms with E-state index in [0.29, 0.717) is 12.4 Å². The summed E-state index contributed by atoms with van der Waals surface area (Å²) in [6.45, 7) is 2.28. The van der Waals surface area contributed by atoms with Crippen LogP contribution >= 0.6 is 12.4 Å². The van der Waals surface area contributed by atoms with Crippen LogP contribution in [-0.2, 0) is 4.74 Å². The topological polar surface area (TPSA) is 74.7 Å². The fourth-order valence-corrected chi connectivity index (χ4v) is 0.528. The first-order valence-corrected chi connectivity index (χ1v) is 2.91. The number of hydrogen-bond acceptors (Lipinski definition) is 4. The molecule has 0 saturated carbocycles. The summed E-state index contributed by atoms with van der Waals surface area (Å²) in [6.07, 6.45) is 1.34. The molecule has 0 amide bonds. The summed E-state index contributed by atoms with van der Waals surface area (Å²) < 4.78 is 4.84. The van der Waals surface area contributed by atoms with Gasteiger partial charge in [0, 0.05) is 0 Å². The van der Waals surface area contributed by atoms with Crippen molar-refractivity contribution in [1.82, 2.24) is 15.2 Å². The van der Waals surface area contributed by atoms with Crippen molar-refractivity contribution in [3.8, 4) is 0 Å². The van der Waals surface area contributed by atoms with Crippen molar-refractivity contribution in [2.75, 3.05) is 6.61 Å². The van der Waals surface area contributed by atoms with Crippen molar-refractivity contribution in [2.45, 2.75) is 6.92 Å². The molecule has 11 heavy (non-hydrogen) atoms. The molecule has 0 spiro atoms. The van der Waals surface area contributed by atoms with Crippen molar-refractivity contribution < 1.29 is 4.74 Å². The molecule has 0 aromatic carbocycles. The molecule has 6 heteroatoms. The molecular weight excluding hydrogens is 168 g/mol. The third kappa shape index (κ3) is 2.55. The molecule has 0 aliphatic rings. The largest absolute Gasteiger partial charge is 0.476 e. The quantitative estimate of drug-likeness (QED) is 0.512. The lowest BCUT2D eigenvalue weighted by molar-refractivity contribution is 0.323. The van der Waals surface area contributed by atoms with E-state index < -0.39 is 0 Å². The Balaban J connectivity index is 0.000001000. The third-order valence-electron chi connectivity index (χ3n) is 0.919. The number of rotatable bonds is 2. The summed E-state index contributed by atoms with van der Waals surface area (Å²) in [6, 6.07) is 0. The summed E-state index contributed by atoms with van der Waals surface area (Å²) in [4.78, 5) is 3.72. The van der Waals surface area contributed by atoms with E-state index in [1.165, 1.54) is 6.33 Å². The highest BCUT2D eigenvalue weighted by atomic mass is 35.5. The number of aromatic amines is 1. The first-order valence-electron chi connectivity index (χ1n) is 2.91. The molecule has 1 rings (SSSR count). The molecule has 0 atom stereocenters. The first kappa shape index (κ1) is 9.90. The normalized spacial score (nSPS) is 8.45. The van der Waals surface area contributed by atoms with Gasteiger partial charge in [0.2, 0.25) is 5.82 Å². The van der Waals surface area contributed by atoms with Crippen LogP contribution in [0.1, 0.15) is 12.7 Å². The fourth-order valence-electron chi connectivity index (χ4n) is 0.528. The highest BCUT2D eigenvalue weighted by molar-refractivity contribution is 5.87. The second-order valence-corrected chi connectivity index (χ2v) is 1.60. The smallest absolute Gasteiger partial charge is 0.251 e. The van der Waals surface area contributed by atoms with Crippen molar-refractivity contribution in [2.24, 2.45) is 0 Å². The summed E-state index contributed by atoms with van der Waals surface area (Å²) in [5, 5.41) is 13.3. The minimum Gasteiger partial charge on any atom is -0.476 e. The van der Waals surface area contributed by atoms with E-state index >= 15 is 0 Å². The van der Waals surface area contributed by atoms with Gasteiger partial charge in [0.05, 0.1) is 6.61 Å². The molecule has 0 bridgehead atoms. The summed E-state index contributed by atoms with van der Waals surface area (Å²) >= 11 is 0. The van der Waals surface area contributed by atoms with E-state index in [0.717, 1.165) is 0 Å². The minimum atomic E-state index is 0. The van der Waals surface area contributed by atoms with Crippen molar-refractivity contribution in [3.05, 3.63) is 12.2 Å². The molecule has 0 aliphatic carbocycles. The number of halogens is 1. The average molecular weight is 177 g/mol. The monoisotopic (exact) mass is 176 g/mol. The van der Waals surface area contributed by atoms with E-state index in [-0.39, 0.29) is 18.3 Å². The molecule has 2 N–H and O–H groups in total. The molecule has 0 fully saturated rings. The van der Waals surface area contributed by atoms with Gasteiger partial charge in [-0.2, -0.15) is 5.10 Å². The molecule has 0 aliphatic heterocycles. The van der Waals surface area contributed by atoms with E-state index in [1.807, 2.05) is 6.92 Å². The molecule has 1 heterocycles. The average Bonchev–Trinajstić information content (AvgIpc) is 2.38. The van der Waals surface area contributed by atoms with E-state index in [1.54, 1.807) is 0 Å². The Hall–Kier alpha value is -1.10. The fraction of sp³-hybridized carbons (Fsp3) is 0.400. The zero-order valence-electron chi connectivity index (χ0n) is 6.00. The molecule has 5 nitrogen and oxygen atoms in total. The van der Waals surface area contributed by atoms with E-state index in [4.69, 9.17) is 10.1 Å². The van der Waals surface area contributed by atoms with Gasteiger partial charge in [0.15, 0.2) is 0 Å².